The first-order chi connectivity index (χ1) is 8.70. The van der Waals surface area contributed by atoms with Crippen molar-refractivity contribution < 1.29 is 0 Å². The largest absolute Gasteiger partial charge is 0.330 e. The first kappa shape index (κ1) is 12.6. The highest BCUT2D eigenvalue weighted by molar-refractivity contribution is 5.26. The summed E-state index contributed by atoms with van der Waals surface area (Å²) in [5.41, 5.74) is 9.97. The van der Waals surface area contributed by atoms with Crippen molar-refractivity contribution in [3.8, 4) is 0 Å². The first-order valence-electron chi connectivity index (χ1n) is 6.12. The Kier molecular flexibility index (Phi) is 3.99. The van der Waals surface area contributed by atoms with Gasteiger partial charge in [-0.1, -0.05) is 6.07 Å². The van der Waals surface area contributed by atoms with Crippen molar-refractivity contribution in [3.63, 3.8) is 0 Å². The fourth-order valence-electron chi connectivity index (χ4n) is 2.08. The smallest absolute Gasteiger partial charge is 0.133 e. The van der Waals surface area contributed by atoms with E-state index in [9.17, 15) is 0 Å². The van der Waals surface area contributed by atoms with E-state index in [1.54, 1.807) is 6.20 Å². The number of nitrogens with two attached hydrogens (primary N) is 1. The molecule has 2 aromatic rings. The third-order valence-electron chi connectivity index (χ3n) is 2.95. The lowest BCUT2D eigenvalue weighted by atomic mass is 10.1. The highest BCUT2D eigenvalue weighted by Crippen LogP contribution is 2.12. The quantitative estimate of drug-likeness (QED) is 0.884. The minimum absolute atomic E-state index is 0.632. The number of nitrogens with zero attached hydrogens (tertiary/aromatic N) is 3. The van der Waals surface area contributed by atoms with E-state index in [2.05, 4.69) is 15.0 Å². The molecule has 0 aliphatic rings. The Morgan fingerprint density at radius 3 is 2.44 bits per heavy atom. The van der Waals surface area contributed by atoms with Crippen LogP contribution < -0.4 is 5.73 Å². The lowest BCUT2D eigenvalue weighted by Gasteiger charge is -2.09. The van der Waals surface area contributed by atoms with Crippen molar-refractivity contribution in [1.29, 1.82) is 0 Å². The van der Waals surface area contributed by atoms with E-state index < -0.39 is 0 Å². The molecule has 4 heteroatoms. The molecule has 0 radical (unpaired) electrons. The molecule has 0 amide bonds. The van der Waals surface area contributed by atoms with Crippen LogP contribution in [0, 0.1) is 13.8 Å². The Morgan fingerprint density at radius 1 is 1.17 bits per heavy atom. The van der Waals surface area contributed by atoms with Crippen molar-refractivity contribution in [2.75, 3.05) is 6.54 Å². The zero-order chi connectivity index (χ0) is 13.0. The van der Waals surface area contributed by atoms with Crippen LogP contribution in [-0.4, -0.2) is 21.5 Å². The highest BCUT2D eigenvalue weighted by Gasteiger charge is 2.08. The maximum Gasteiger partial charge on any atom is 0.133 e. The summed E-state index contributed by atoms with van der Waals surface area (Å²) in [6.45, 7) is 4.67. The lowest BCUT2D eigenvalue weighted by Crippen LogP contribution is -2.10. The summed E-state index contributed by atoms with van der Waals surface area (Å²) >= 11 is 0. The monoisotopic (exact) mass is 242 g/mol. The van der Waals surface area contributed by atoms with Gasteiger partial charge in [-0.05, 0) is 44.0 Å². The van der Waals surface area contributed by atoms with Gasteiger partial charge < -0.3 is 5.73 Å². The van der Waals surface area contributed by atoms with Crippen LogP contribution in [0.5, 0.6) is 0 Å². The Balaban J connectivity index is 2.25. The van der Waals surface area contributed by atoms with Gasteiger partial charge >= 0.3 is 0 Å². The number of hydrogen-bond donors (Lipinski definition) is 1. The molecule has 0 aliphatic heterocycles. The topological polar surface area (TPSA) is 64.7 Å². The van der Waals surface area contributed by atoms with Gasteiger partial charge in [0.15, 0.2) is 0 Å². The molecule has 0 aromatic carbocycles. The number of pyridine rings is 1. The Morgan fingerprint density at radius 2 is 1.89 bits per heavy atom. The van der Waals surface area contributed by atoms with E-state index in [0.717, 1.165) is 35.6 Å². The molecule has 0 bridgehead atoms. The van der Waals surface area contributed by atoms with Crippen LogP contribution in [0.25, 0.3) is 0 Å². The second-order valence-electron chi connectivity index (χ2n) is 4.37. The maximum atomic E-state index is 5.60. The van der Waals surface area contributed by atoms with Crippen molar-refractivity contribution >= 4 is 0 Å². The molecule has 0 fully saturated rings. The molecular formula is C14H18N4. The lowest BCUT2D eigenvalue weighted by molar-refractivity contribution is 0.849. The van der Waals surface area contributed by atoms with Crippen molar-refractivity contribution in [3.05, 3.63) is 52.9 Å². The average molecular weight is 242 g/mol. The third-order valence-corrected chi connectivity index (χ3v) is 2.95. The van der Waals surface area contributed by atoms with Gasteiger partial charge in [0.25, 0.3) is 0 Å². The van der Waals surface area contributed by atoms with Gasteiger partial charge in [0.05, 0.1) is 0 Å². The minimum atomic E-state index is 0.632. The molecule has 0 aliphatic carbocycles. The molecule has 2 heterocycles. The van der Waals surface area contributed by atoms with Crippen LogP contribution >= 0.6 is 0 Å². The fourth-order valence-corrected chi connectivity index (χ4v) is 2.08. The number of hydrogen-bond acceptors (Lipinski definition) is 4. The van der Waals surface area contributed by atoms with Gasteiger partial charge in [0.1, 0.15) is 5.82 Å². The third kappa shape index (κ3) is 2.90. The van der Waals surface area contributed by atoms with Crippen LogP contribution in [0.3, 0.4) is 0 Å². The molecule has 4 nitrogen and oxygen atoms in total. The minimum Gasteiger partial charge on any atom is -0.330 e. The predicted molar refractivity (Wildman–Crippen MR) is 71.3 cm³/mol. The van der Waals surface area contributed by atoms with E-state index in [1.165, 1.54) is 5.56 Å². The summed E-state index contributed by atoms with van der Waals surface area (Å²) in [4.78, 5) is 13.2. The van der Waals surface area contributed by atoms with E-state index in [1.807, 2.05) is 32.2 Å². The molecule has 18 heavy (non-hydrogen) atoms. The molecule has 2 rings (SSSR count). The standard InChI is InChI=1S/C14H18N4/c1-10-13(5-6-15)11(2)18-14(17-10)8-12-4-3-7-16-9-12/h3-4,7,9H,5-6,8,15H2,1-2H3. The van der Waals surface area contributed by atoms with E-state index in [4.69, 9.17) is 5.73 Å². The summed E-state index contributed by atoms with van der Waals surface area (Å²) in [6, 6.07) is 3.96. The second-order valence-corrected chi connectivity index (χ2v) is 4.37. The molecule has 0 spiro atoms. The summed E-state index contributed by atoms with van der Waals surface area (Å²) in [6.07, 6.45) is 5.18. The Hall–Kier alpha value is -1.81. The van der Waals surface area contributed by atoms with Crippen molar-refractivity contribution in [2.45, 2.75) is 26.7 Å². The molecule has 2 aromatic heterocycles. The second kappa shape index (κ2) is 5.69. The van der Waals surface area contributed by atoms with Crippen molar-refractivity contribution in [2.24, 2.45) is 5.73 Å². The molecule has 2 N–H and O–H groups in total. The van der Waals surface area contributed by atoms with Gasteiger partial charge in [-0.3, -0.25) is 4.98 Å². The number of aromatic nitrogens is 3. The summed E-state index contributed by atoms with van der Waals surface area (Å²) in [7, 11) is 0. The Labute approximate surface area is 107 Å². The van der Waals surface area contributed by atoms with Gasteiger partial charge in [0, 0.05) is 30.2 Å². The summed E-state index contributed by atoms with van der Waals surface area (Å²) < 4.78 is 0. The van der Waals surface area contributed by atoms with Crippen LogP contribution in [0.15, 0.2) is 24.5 Å². The van der Waals surface area contributed by atoms with Crippen LogP contribution in [0.1, 0.15) is 28.3 Å². The average Bonchev–Trinajstić information content (AvgIpc) is 2.35. The normalized spacial score (nSPS) is 10.6. The predicted octanol–water partition coefficient (Wildman–Crippen LogP) is 1.58. The van der Waals surface area contributed by atoms with E-state index >= 15 is 0 Å². The SMILES string of the molecule is Cc1nc(Cc2cccnc2)nc(C)c1CCN. The fraction of sp³-hybridized carbons (Fsp3) is 0.357. The van der Waals surface area contributed by atoms with Crippen LogP contribution in [-0.2, 0) is 12.8 Å². The van der Waals surface area contributed by atoms with Gasteiger partial charge in [-0.15, -0.1) is 0 Å². The molecular weight excluding hydrogens is 224 g/mol. The Bertz CT molecular complexity index is 500. The van der Waals surface area contributed by atoms with Crippen LogP contribution in [0.4, 0.5) is 0 Å². The highest BCUT2D eigenvalue weighted by atomic mass is 14.9. The first-order valence-corrected chi connectivity index (χ1v) is 6.12. The number of aryl methyl sites for hydroxylation is 2. The zero-order valence-electron chi connectivity index (χ0n) is 10.8. The molecule has 0 atom stereocenters. The van der Waals surface area contributed by atoms with Crippen molar-refractivity contribution in [1.82, 2.24) is 15.0 Å². The summed E-state index contributed by atoms with van der Waals surface area (Å²) in [5.74, 6) is 0.846. The molecule has 94 valence electrons. The zero-order valence-corrected chi connectivity index (χ0v) is 10.8. The van der Waals surface area contributed by atoms with E-state index in [0.29, 0.717) is 6.54 Å². The van der Waals surface area contributed by atoms with Gasteiger partial charge in [-0.25, -0.2) is 9.97 Å². The maximum absolute atomic E-state index is 5.60. The molecule has 0 saturated heterocycles. The van der Waals surface area contributed by atoms with Gasteiger partial charge in [-0.2, -0.15) is 0 Å². The van der Waals surface area contributed by atoms with Gasteiger partial charge in [0.2, 0.25) is 0 Å². The summed E-state index contributed by atoms with van der Waals surface area (Å²) in [5, 5.41) is 0. The van der Waals surface area contributed by atoms with Crippen LogP contribution in [0.2, 0.25) is 0 Å². The van der Waals surface area contributed by atoms with E-state index in [-0.39, 0.29) is 0 Å². The molecule has 0 unspecified atom stereocenters. The number of rotatable bonds is 4. The molecule has 0 saturated carbocycles.